The molecule has 1 heterocycles. The maximum Gasteiger partial charge on any atom is 0.416 e. The average Bonchev–Trinajstić information content (AvgIpc) is 2.82. The van der Waals surface area contributed by atoms with E-state index in [-0.39, 0.29) is 18.9 Å². The quantitative estimate of drug-likeness (QED) is 0.783. The van der Waals surface area contributed by atoms with Crippen molar-refractivity contribution in [3.05, 3.63) is 46.8 Å². The Kier molecular flexibility index (Phi) is 5.84. The molecule has 0 saturated heterocycles. The zero-order chi connectivity index (χ0) is 18.6. The zero-order valence-electron chi connectivity index (χ0n) is 14.0. The minimum Gasteiger partial charge on any atom is -0.396 e. The first-order valence-electron chi connectivity index (χ1n) is 7.84. The van der Waals surface area contributed by atoms with E-state index in [2.05, 4.69) is 10.4 Å². The Bertz CT molecular complexity index is 754. The predicted octanol–water partition coefficient (Wildman–Crippen LogP) is 2.55. The highest BCUT2D eigenvalue weighted by Crippen LogP contribution is 2.30. The van der Waals surface area contributed by atoms with Gasteiger partial charge in [0.2, 0.25) is 5.91 Å². The SMILES string of the molecule is Cc1nn(-c2cccc(C(F)(F)F)c2)c(C)c1CC(=O)NCCCO. The van der Waals surface area contributed by atoms with Gasteiger partial charge in [-0.2, -0.15) is 18.3 Å². The number of rotatable bonds is 6. The first-order chi connectivity index (χ1) is 11.7. The second-order valence-corrected chi connectivity index (χ2v) is 5.71. The number of aliphatic hydroxyl groups excluding tert-OH is 1. The van der Waals surface area contributed by atoms with Gasteiger partial charge < -0.3 is 10.4 Å². The van der Waals surface area contributed by atoms with Gasteiger partial charge >= 0.3 is 6.18 Å². The minimum absolute atomic E-state index is 0.00812. The van der Waals surface area contributed by atoms with Crippen LogP contribution in [0.25, 0.3) is 5.69 Å². The lowest BCUT2D eigenvalue weighted by atomic mass is 10.1. The number of carbonyl (C=O) groups is 1. The largest absolute Gasteiger partial charge is 0.416 e. The molecule has 0 aliphatic carbocycles. The van der Waals surface area contributed by atoms with Gasteiger partial charge in [0, 0.05) is 24.4 Å². The molecule has 1 aromatic carbocycles. The summed E-state index contributed by atoms with van der Waals surface area (Å²) in [5, 5.41) is 15.7. The third kappa shape index (κ3) is 4.60. The van der Waals surface area contributed by atoms with Crippen molar-refractivity contribution in [1.29, 1.82) is 0 Å². The van der Waals surface area contributed by atoms with Crippen LogP contribution in [0.5, 0.6) is 0 Å². The molecule has 0 aliphatic rings. The number of halogens is 3. The number of aromatic nitrogens is 2. The van der Waals surface area contributed by atoms with Crippen molar-refractivity contribution in [3.8, 4) is 5.69 Å². The molecule has 0 bridgehead atoms. The highest BCUT2D eigenvalue weighted by Gasteiger charge is 2.30. The van der Waals surface area contributed by atoms with Crippen molar-refractivity contribution < 1.29 is 23.1 Å². The van der Waals surface area contributed by atoms with Gasteiger partial charge in [0.15, 0.2) is 0 Å². The fraction of sp³-hybridized carbons (Fsp3) is 0.412. The Balaban J connectivity index is 2.26. The van der Waals surface area contributed by atoms with E-state index in [1.54, 1.807) is 19.9 Å². The fourth-order valence-electron chi connectivity index (χ4n) is 2.53. The van der Waals surface area contributed by atoms with E-state index in [1.165, 1.54) is 10.7 Å². The van der Waals surface area contributed by atoms with E-state index in [0.29, 0.717) is 35.6 Å². The first-order valence-corrected chi connectivity index (χ1v) is 7.84. The molecule has 0 unspecified atom stereocenters. The third-order valence-electron chi connectivity index (χ3n) is 3.85. The number of carbonyl (C=O) groups excluding carboxylic acids is 1. The summed E-state index contributed by atoms with van der Waals surface area (Å²) < 4.78 is 40.1. The van der Waals surface area contributed by atoms with E-state index in [4.69, 9.17) is 5.11 Å². The van der Waals surface area contributed by atoms with Crippen LogP contribution in [0, 0.1) is 13.8 Å². The Morgan fingerprint density at radius 3 is 2.68 bits per heavy atom. The normalized spacial score (nSPS) is 11.6. The lowest BCUT2D eigenvalue weighted by Crippen LogP contribution is -2.27. The molecule has 0 aliphatic heterocycles. The summed E-state index contributed by atoms with van der Waals surface area (Å²) in [5.74, 6) is -0.219. The summed E-state index contributed by atoms with van der Waals surface area (Å²) >= 11 is 0. The average molecular weight is 355 g/mol. The maximum atomic E-state index is 12.9. The van der Waals surface area contributed by atoms with Crippen molar-refractivity contribution in [1.82, 2.24) is 15.1 Å². The molecule has 0 radical (unpaired) electrons. The number of benzene rings is 1. The summed E-state index contributed by atoms with van der Waals surface area (Å²) in [6, 6.07) is 4.91. The summed E-state index contributed by atoms with van der Waals surface area (Å²) in [4.78, 5) is 11.9. The molecule has 0 saturated carbocycles. The molecule has 2 aromatic rings. The molecule has 8 heteroatoms. The van der Waals surface area contributed by atoms with Crippen LogP contribution in [-0.4, -0.2) is 33.9 Å². The number of aliphatic hydroxyl groups is 1. The third-order valence-corrected chi connectivity index (χ3v) is 3.85. The van der Waals surface area contributed by atoms with E-state index < -0.39 is 11.7 Å². The Hall–Kier alpha value is -2.35. The van der Waals surface area contributed by atoms with Gasteiger partial charge in [-0.3, -0.25) is 4.79 Å². The molecule has 0 atom stereocenters. The monoisotopic (exact) mass is 355 g/mol. The van der Waals surface area contributed by atoms with Crippen LogP contribution in [-0.2, 0) is 17.4 Å². The molecule has 0 fully saturated rings. The van der Waals surface area contributed by atoms with E-state index in [9.17, 15) is 18.0 Å². The number of amides is 1. The smallest absolute Gasteiger partial charge is 0.396 e. The molecule has 5 nitrogen and oxygen atoms in total. The summed E-state index contributed by atoms with van der Waals surface area (Å²) in [6.45, 7) is 3.80. The van der Waals surface area contributed by atoms with E-state index >= 15 is 0 Å². The molecule has 136 valence electrons. The molecule has 2 rings (SSSR count). The topological polar surface area (TPSA) is 67.2 Å². The van der Waals surface area contributed by atoms with Crippen LogP contribution < -0.4 is 5.32 Å². The standard InChI is InChI=1S/C17H20F3N3O2/c1-11-15(10-16(25)21-7-4-8-24)12(2)23(22-11)14-6-3-5-13(9-14)17(18,19)20/h3,5-6,9,24H,4,7-8,10H2,1-2H3,(H,21,25). The van der Waals surface area contributed by atoms with Crippen LogP contribution in [0.4, 0.5) is 13.2 Å². The molecule has 0 spiro atoms. The lowest BCUT2D eigenvalue weighted by molar-refractivity contribution is -0.137. The van der Waals surface area contributed by atoms with Crippen molar-refractivity contribution in [2.45, 2.75) is 32.9 Å². The lowest BCUT2D eigenvalue weighted by Gasteiger charge is -2.10. The summed E-state index contributed by atoms with van der Waals surface area (Å²) in [6.07, 6.45) is -3.88. The summed E-state index contributed by atoms with van der Waals surface area (Å²) in [7, 11) is 0. The number of alkyl halides is 3. The highest BCUT2D eigenvalue weighted by atomic mass is 19.4. The molecular formula is C17H20F3N3O2. The van der Waals surface area contributed by atoms with Crippen molar-refractivity contribution in [2.75, 3.05) is 13.2 Å². The molecular weight excluding hydrogens is 335 g/mol. The van der Waals surface area contributed by atoms with Crippen LogP contribution >= 0.6 is 0 Å². The van der Waals surface area contributed by atoms with Gasteiger partial charge in [-0.25, -0.2) is 4.68 Å². The Labute approximate surface area is 143 Å². The van der Waals surface area contributed by atoms with Gasteiger partial charge in [0.05, 0.1) is 23.4 Å². The van der Waals surface area contributed by atoms with E-state index in [1.807, 2.05) is 0 Å². The molecule has 2 N–H and O–H groups in total. The van der Waals surface area contributed by atoms with Gasteiger partial charge in [-0.15, -0.1) is 0 Å². The Morgan fingerprint density at radius 2 is 2.04 bits per heavy atom. The number of hydrogen-bond acceptors (Lipinski definition) is 3. The number of nitrogens with zero attached hydrogens (tertiary/aromatic N) is 2. The van der Waals surface area contributed by atoms with Crippen molar-refractivity contribution >= 4 is 5.91 Å². The first kappa shape index (κ1) is 19.0. The molecule has 1 amide bonds. The van der Waals surface area contributed by atoms with Crippen LogP contribution in [0.3, 0.4) is 0 Å². The second kappa shape index (κ2) is 7.69. The number of nitrogens with one attached hydrogen (secondary N) is 1. The van der Waals surface area contributed by atoms with E-state index in [0.717, 1.165) is 12.1 Å². The fourth-order valence-corrected chi connectivity index (χ4v) is 2.53. The van der Waals surface area contributed by atoms with Gasteiger partial charge in [0.1, 0.15) is 0 Å². The predicted molar refractivity (Wildman–Crippen MR) is 86.5 cm³/mol. The highest BCUT2D eigenvalue weighted by molar-refractivity contribution is 5.79. The Morgan fingerprint density at radius 1 is 1.32 bits per heavy atom. The maximum absolute atomic E-state index is 12.9. The van der Waals surface area contributed by atoms with Crippen LogP contribution in [0.1, 0.15) is 28.9 Å². The summed E-state index contributed by atoms with van der Waals surface area (Å²) in [5.41, 5.74) is 1.43. The van der Waals surface area contributed by atoms with Crippen LogP contribution in [0.2, 0.25) is 0 Å². The van der Waals surface area contributed by atoms with Crippen LogP contribution in [0.15, 0.2) is 24.3 Å². The van der Waals surface area contributed by atoms with Gasteiger partial charge in [-0.1, -0.05) is 6.07 Å². The number of hydrogen-bond donors (Lipinski definition) is 2. The molecule has 25 heavy (non-hydrogen) atoms. The van der Waals surface area contributed by atoms with Gasteiger partial charge in [0.25, 0.3) is 0 Å². The van der Waals surface area contributed by atoms with Crippen molar-refractivity contribution in [3.63, 3.8) is 0 Å². The van der Waals surface area contributed by atoms with Gasteiger partial charge in [-0.05, 0) is 38.5 Å². The second-order valence-electron chi connectivity index (χ2n) is 5.71. The van der Waals surface area contributed by atoms with Crippen molar-refractivity contribution in [2.24, 2.45) is 0 Å². The minimum atomic E-state index is -4.43. The zero-order valence-corrected chi connectivity index (χ0v) is 14.0. The molecule has 1 aromatic heterocycles. The number of aryl methyl sites for hydroxylation is 1.